The molecule has 2 heterocycles. The molecule has 0 fully saturated rings. The second-order valence-electron chi connectivity index (χ2n) is 4.28. The summed E-state index contributed by atoms with van der Waals surface area (Å²) >= 11 is 1.76. The molecule has 96 valence electrons. The third-order valence-corrected chi connectivity index (χ3v) is 3.95. The Bertz CT molecular complexity index is 575. The van der Waals surface area contributed by atoms with E-state index in [9.17, 15) is 0 Å². The van der Waals surface area contributed by atoms with Crippen molar-refractivity contribution in [2.75, 3.05) is 5.43 Å². The van der Waals surface area contributed by atoms with Crippen LogP contribution in [0.2, 0.25) is 0 Å². The van der Waals surface area contributed by atoms with Crippen LogP contribution in [0, 0.1) is 20.8 Å². The van der Waals surface area contributed by atoms with Gasteiger partial charge in [-0.15, -0.1) is 11.3 Å². The summed E-state index contributed by atoms with van der Waals surface area (Å²) in [4.78, 5) is 11.6. The minimum Gasteiger partial charge on any atom is -0.308 e. The van der Waals surface area contributed by atoms with Crippen molar-refractivity contribution in [3.63, 3.8) is 0 Å². The summed E-state index contributed by atoms with van der Waals surface area (Å²) in [6.45, 7) is 8.26. The number of nitrogens with zero attached hydrogens (tertiary/aromatic N) is 2. The van der Waals surface area contributed by atoms with Gasteiger partial charge in [0.25, 0.3) is 0 Å². The summed E-state index contributed by atoms with van der Waals surface area (Å²) in [5.74, 6) is 7.02. The fraction of sp³-hybridized carbons (Fsp3) is 0.385. The number of anilines is 1. The Balaban J connectivity index is 2.59. The quantitative estimate of drug-likeness (QED) is 0.659. The van der Waals surface area contributed by atoms with Gasteiger partial charge in [0.15, 0.2) is 5.82 Å². The van der Waals surface area contributed by atoms with Gasteiger partial charge in [0.05, 0.1) is 0 Å². The molecule has 0 bridgehead atoms. The van der Waals surface area contributed by atoms with Gasteiger partial charge >= 0.3 is 0 Å². The monoisotopic (exact) mass is 262 g/mol. The predicted molar refractivity (Wildman–Crippen MR) is 76.7 cm³/mol. The maximum Gasteiger partial charge on any atom is 0.162 e. The molecule has 0 aromatic carbocycles. The lowest BCUT2D eigenvalue weighted by Gasteiger charge is -2.11. The number of nitrogens with one attached hydrogen (secondary N) is 1. The molecule has 2 aromatic heterocycles. The topological polar surface area (TPSA) is 63.8 Å². The first-order valence-electron chi connectivity index (χ1n) is 5.98. The number of aryl methyl sites for hydroxylation is 3. The van der Waals surface area contributed by atoms with Gasteiger partial charge < -0.3 is 5.43 Å². The first-order valence-corrected chi connectivity index (χ1v) is 6.80. The van der Waals surface area contributed by atoms with Crippen LogP contribution in [-0.2, 0) is 6.42 Å². The van der Waals surface area contributed by atoms with Crippen LogP contribution in [0.3, 0.4) is 0 Å². The number of nitrogen functional groups attached to an aromatic ring is 1. The van der Waals surface area contributed by atoms with E-state index in [1.807, 2.05) is 6.92 Å². The van der Waals surface area contributed by atoms with Gasteiger partial charge in [-0.1, -0.05) is 6.92 Å². The van der Waals surface area contributed by atoms with Crippen molar-refractivity contribution in [1.82, 2.24) is 9.97 Å². The maximum absolute atomic E-state index is 5.55. The summed E-state index contributed by atoms with van der Waals surface area (Å²) in [7, 11) is 0. The Morgan fingerprint density at radius 2 is 2.00 bits per heavy atom. The van der Waals surface area contributed by atoms with Gasteiger partial charge in [-0.05, 0) is 33.3 Å². The van der Waals surface area contributed by atoms with Crippen LogP contribution in [0.5, 0.6) is 0 Å². The molecule has 2 aromatic rings. The highest BCUT2D eigenvalue weighted by molar-refractivity contribution is 7.12. The first kappa shape index (κ1) is 13.0. The molecule has 18 heavy (non-hydrogen) atoms. The number of hydrogen-bond donors (Lipinski definition) is 2. The second-order valence-corrected chi connectivity index (χ2v) is 5.75. The standard InChI is InChI=1S/C13H18N4S/c1-5-10-8(3)15-12(16-13(10)17-14)11-6-7(2)18-9(11)4/h6H,5,14H2,1-4H3,(H,15,16,17). The highest BCUT2D eigenvalue weighted by Crippen LogP contribution is 2.30. The SMILES string of the molecule is CCc1c(C)nc(-c2cc(C)sc2C)nc1NN. The van der Waals surface area contributed by atoms with Crippen LogP contribution in [0.1, 0.15) is 27.9 Å². The van der Waals surface area contributed by atoms with Crippen molar-refractivity contribution in [3.8, 4) is 11.4 Å². The van der Waals surface area contributed by atoms with Gasteiger partial charge in [-0.3, -0.25) is 0 Å². The lowest BCUT2D eigenvalue weighted by Crippen LogP contribution is -2.13. The molecule has 0 aliphatic carbocycles. The molecule has 0 saturated heterocycles. The molecular weight excluding hydrogens is 244 g/mol. The van der Waals surface area contributed by atoms with Gasteiger partial charge in [-0.2, -0.15) is 0 Å². The molecule has 3 N–H and O–H groups in total. The molecule has 5 heteroatoms. The zero-order chi connectivity index (χ0) is 13.3. The number of aromatic nitrogens is 2. The molecule has 0 atom stereocenters. The fourth-order valence-corrected chi connectivity index (χ4v) is 3.03. The lowest BCUT2D eigenvalue weighted by molar-refractivity contribution is 0.995. The molecule has 0 radical (unpaired) electrons. The molecular formula is C13H18N4S. The van der Waals surface area contributed by atoms with E-state index < -0.39 is 0 Å². The largest absolute Gasteiger partial charge is 0.308 e. The third-order valence-electron chi connectivity index (χ3n) is 2.99. The molecule has 4 nitrogen and oxygen atoms in total. The Morgan fingerprint density at radius 1 is 1.28 bits per heavy atom. The van der Waals surface area contributed by atoms with Crippen molar-refractivity contribution in [3.05, 3.63) is 27.1 Å². The molecule has 0 spiro atoms. The third kappa shape index (κ3) is 2.23. The minimum absolute atomic E-state index is 0.725. The summed E-state index contributed by atoms with van der Waals surface area (Å²) in [6.07, 6.45) is 0.868. The molecule has 0 aliphatic heterocycles. The van der Waals surface area contributed by atoms with E-state index in [-0.39, 0.29) is 0 Å². The number of rotatable bonds is 3. The van der Waals surface area contributed by atoms with E-state index in [0.29, 0.717) is 0 Å². The number of nitrogens with two attached hydrogens (primary N) is 1. The Labute approximate surface area is 111 Å². The van der Waals surface area contributed by atoms with Gasteiger partial charge in [0.1, 0.15) is 5.82 Å². The summed E-state index contributed by atoms with van der Waals surface area (Å²) < 4.78 is 0. The van der Waals surface area contributed by atoms with Crippen LogP contribution in [-0.4, -0.2) is 9.97 Å². The highest BCUT2D eigenvalue weighted by Gasteiger charge is 2.13. The van der Waals surface area contributed by atoms with E-state index in [1.54, 1.807) is 11.3 Å². The van der Waals surface area contributed by atoms with Crippen molar-refractivity contribution >= 4 is 17.2 Å². The number of thiophene rings is 1. The van der Waals surface area contributed by atoms with Crippen LogP contribution in [0.15, 0.2) is 6.07 Å². The lowest BCUT2D eigenvalue weighted by atomic mass is 10.1. The first-order chi connectivity index (χ1) is 8.56. The molecule has 0 unspecified atom stereocenters. The Morgan fingerprint density at radius 3 is 2.50 bits per heavy atom. The molecule has 0 saturated carbocycles. The minimum atomic E-state index is 0.725. The molecule has 0 aliphatic rings. The zero-order valence-corrected chi connectivity index (χ0v) is 12.0. The van der Waals surface area contributed by atoms with E-state index in [4.69, 9.17) is 5.84 Å². The fourth-order valence-electron chi connectivity index (χ4n) is 2.11. The Hall–Kier alpha value is -1.46. The van der Waals surface area contributed by atoms with Gasteiger partial charge in [0, 0.05) is 26.6 Å². The molecule has 0 amide bonds. The summed E-state index contributed by atoms with van der Waals surface area (Å²) in [5.41, 5.74) is 5.83. The van der Waals surface area contributed by atoms with Crippen LogP contribution < -0.4 is 11.3 Å². The normalized spacial score (nSPS) is 10.7. The smallest absolute Gasteiger partial charge is 0.162 e. The van der Waals surface area contributed by atoms with Crippen molar-refractivity contribution in [2.45, 2.75) is 34.1 Å². The Kier molecular flexibility index (Phi) is 3.63. The van der Waals surface area contributed by atoms with Crippen molar-refractivity contribution in [2.24, 2.45) is 5.84 Å². The maximum atomic E-state index is 5.55. The number of hydrazine groups is 1. The summed E-state index contributed by atoms with van der Waals surface area (Å²) in [5, 5.41) is 0. The van der Waals surface area contributed by atoms with Gasteiger partial charge in [0.2, 0.25) is 0 Å². The van der Waals surface area contributed by atoms with Crippen molar-refractivity contribution < 1.29 is 0 Å². The van der Waals surface area contributed by atoms with E-state index in [2.05, 4.69) is 42.2 Å². The van der Waals surface area contributed by atoms with Crippen molar-refractivity contribution in [1.29, 1.82) is 0 Å². The van der Waals surface area contributed by atoms with E-state index in [1.165, 1.54) is 9.75 Å². The van der Waals surface area contributed by atoms with Crippen LogP contribution in [0.25, 0.3) is 11.4 Å². The zero-order valence-electron chi connectivity index (χ0n) is 11.2. The highest BCUT2D eigenvalue weighted by atomic mass is 32.1. The average Bonchev–Trinajstić information content (AvgIpc) is 2.67. The average molecular weight is 262 g/mol. The second kappa shape index (κ2) is 5.04. The predicted octanol–water partition coefficient (Wildman–Crippen LogP) is 2.98. The van der Waals surface area contributed by atoms with Crippen LogP contribution >= 0.6 is 11.3 Å². The number of hydrogen-bond acceptors (Lipinski definition) is 5. The molecule has 2 rings (SSSR count). The summed E-state index contributed by atoms with van der Waals surface area (Å²) in [6, 6.07) is 2.13. The van der Waals surface area contributed by atoms with Gasteiger partial charge in [-0.25, -0.2) is 15.8 Å². The van der Waals surface area contributed by atoms with Crippen LogP contribution in [0.4, 0.5) is 5.82 Å². The van der Waals surface area contributed by atoms with E-state index >= 15 is 0 Å². The van der Waals surface area contributed by atoms with E-state index in [0.717, 1.165) is 34.9 Å².